The van der Waals surface area contributed by atoms with Gasteiger partial charge in [0.2, 0.25) is 10.0 Å². The van der Waals surface area contributed by atoms with E-state index in [1.807, 2.05) is 0 Å². The van der Waals surface area contributed by atoms with Gasteiger partial charge in [-0.2, -0.15) is 0 Å². The van der Waals surface area contributed by atoms with Crippen LogP contribution in [0.25, 0.3) is 0 Å². The summed E-state index contributed by atoms with van der Waals surface area (Å²) in [5.41, 5.74) is 0. The van der Waals surface area contributed by atoms with E-state index in [1.165, 1.54) is 18.2 Å². The number of sulfonamides is 1. The summed E-state index contributed by atoms with van der Waals surface area (Å²) in [7, 11) is -3.57. The summed E-state index contributed by atoms with van der Waals surface area (Å²) < 4.78 is 27.6. The molecule has 2 rings (SSSR count). The molecule has 0 bridgehead atoms. The van der Waals surface area contributed by atoms with E-state index < -0.39 is 16.1 Å². The van der Waals surface area contributed by atoms with Crippen molar-refractivity contribution >= 4 is 37.6 Å². The largest absolute Gasteiger partial charge is 0.393 e. The molecule has 7 heteroatoms. The predicted octanol–water partition coefficient (Wildman–Crippen LogP) is 2.68. The van der Waals surface area contributed by atoms with Crippen LogP contribution in [0.5, 0.6) is 0 Å². The Morgan fingerprint density at radius 3 is 2.74 bits per heavy atom. The molecule has 1 aliphatic rings. The molecule has 2 N–H and O–H groups in total. The predicted molar refractivity (Wildman–Crippen MR) is 77.7 cm³/mol. The van der Waals surface area contributed by atoms with Crippen LogP contribution in [0.15, 0.2) is 27.6 Å². The summed E-state index contributed by atoms with van der Waals surface area (Å²) in [5, 5.41) is 10.0. The molecule has 0 saturated heterocycles. The van der Waals surface area contributed by atoms with Crippen molar-refractivity contribution in [3.63, 3.8) is 0 Å². The minimum atomic E-state index is -3.57. The van der Waals surface area contributed by atoms with Gasteiger partial charge in [-0.05, 0) is 59.8 Å². The molecule has 19 heavy (non-hydrogen) atoms. The Bertz CT molecular complexity index is 564. The Balaban J connectivity index is 2.15. The van der Waals surface area contributed by atoms with Crippen LogP contribution < -0.4 is 4.72 Å². The molecule has 2 atom stereocenters. The smallest absolute Gasteiger partial charge is 0.240 e. The standard InChI is InChI=1S/C12H15BrClNO3S/c13-11-7-10(4-5-12(11)14)19(17,18)15-8-2-1-3-9(16)6-8/h4-5,7-9,15-16H,1-3,6H2. The highest BCUT2D eigenvalue weighted by atomic mass is 79.9. The molecule has 106 valence electrons. The van der Waals surface area contributed by atoms with Crippen LogP contribution in [0.3, 0.4) is 0 Å². The molecule has 1 aliphatic carbocycles. The highest BCUT2D eigenvalue weighted by Gasteiger charge is 2.25. The first-order valence-electron chi connectivity index (χ1n) is 6.04. The molecule has 0 aliphatic heterocycles. The number of benzene rings is 1. The van der Waals surface area contributed by atoms with Crippen molar-refractivity contribution in [3.8, 4) is 0 Å². The van der Waals surface area contributed by atoms with Gasteiger partial charge in [-0.15, -0.1) is 0 Å². The van der Waals surface area contributed by atoms with Crippen molar-refractivity contribution in [2.24, 2.45) is 0 Å². The van der Waals surface area contributed by atoms with E-state index in [0.29, 0.717) is 15.9 Å². The van der Waals surface area contributed by atoms with Crippen LogP contribution in [-0.2, 0) is 10.0 Å². The molecule has 0 amide bonds. The van der Waals surface area contributed by atoms with Gasteiger partial charge in [0.05, 0.1) is 16.0 Å². The molecule has 4 nitrogen and oxygen atoms in total. The normalized spacial score (nSPS) is 24.4. The van der Waals surface area contributed by atoms with Gasteiger partial charge in [0.25, 0.3) is 0 Å². The van der Waals surface area contributed by atoms with Crippen LogP contribution >= 0.6 is 27.5 Å². The molecule has 1 aromatic carbocycles. The maximum absolute atomic E-state index is 12.2. The SMILES string of the molecule is O=S(=O)(NC1CCCC(O)C1)c1ccc(Cl)c(Br)c1. The summed E-state index contributed by atoms with van der Waals surface area (Å²) in [6, 6.07) is 4.28. The molecule has 0 radical (unpaired) electrons. The van der Waals surface area contributed by atoms with Crippen molar-refractivity contribution in [2.45, 2.75) is 42.7 Å². The third-order valence-electron chi connectivity index (χ3n) is 3.17. The number of hydrogen-bond donors (Lipinski definition) is 2. The monoisotopic (exact) mass is 367 g/mol. The first-order valence-corrected chi connectivity index (χ1v) is 8.69. The molecule has 1 saturated carbocycles. The van der Waals surface area contributed by atoms with E-state index in [2.05, 4.69) is 20.7 Å². The number of aliphatic hydroxyl groups is 1. The Morgan fingerprint density at radius 1 is 1.37 bits per heavy atom. The van der Waals surface area contributed by atoms with Gasteiger partial charge in [-0.25, -0.2) is 13.1 Å². The molecule has 0 aromatic heterocycles. The molecule has 2 unspecified atom stereocenters. The molecular weight excluding hydrogens is 354 g/mol. The number of rotatable bonds is 3. The van der Waals surface area contributed by atoms with E-state index in [1.54, 1.807) is 0 Å². The average Bonchev–Trinajstić information content (AvgIpc) is 2.32. The van der Waals surface area contributed by atoms with Crippen LogP contribution in [0.4, 0.5) is 0 Å². The van der Waals surface area contributed by atoms with Crippen molar-refractivity contribution < 1.29 is 13.5 Å². The summed E-state index contributed by atoms with van der Waals surface area (Å²) in [5.74, 6) is 0. The van der Waals surface area contributed by atoms with Gasteiger partial charge in [0.15, 0.2) is 0 Å². The maximum atomic E-state index is 12.2. The molecule has 0 heterocycles. The lowest BCUT2D eigenvalue weighted by Gasteiger charge is -2.26. The van der Waals surface area contributed by atoms with Gasteiger partial charge >= 0.3 is 0 Å². The summed E-state index contributed by atoms with van der Waals surface area (Å²) in [6.07, 6.45) is 2.38. The van der Waals surface area contributed by atoms with Crippen molar-refractivity contribution in [2.75, 3.05) is 0 Å². The fourth-order valence-corrected chi connectivity index (χ4v) is 4.16. The van der Waals surface area contributed by atoms with Crippen LogP contribution in [0, 0.1) is 0 Å². The van der Waals surface area contributed by atoms with Gasteiger partial charge < -0.3 is 5.11 Å². The molecule has 0 spiro atoms. The maximum Gasteiger partial charge on any atom is 0.240 e. The van der Waals surface area contributed by atoms with Crippen LogP contribution in [0.2, 0.25) is 5.02 Å². The number of aliphatic hydroxyl groups excluding tert-OH is 1. The van der Waals surface area contributed by atoms with Crippen molar-refractivity contribution in [3.05, 3.63) is 27.7 Å². The van der Waals surface area contributed by atoms with Gasteiger partial charge in [-0.1, -0.05) is 11.6 Å². The zero-order valence-corrected chi connectivity index (χ0v) is 13.3. The number of nitrogens with one attached hydrogen (secondary N) is 1. The fourth-order valence-electron chi connectivity index (χ4n) is 2.20. The first kappa shape index (κ1) is 15.3. The quantitative estimate of drug-likeness (QED) is 0.862. The van der Waals surface area contributed by atoms with Crippen LogP contribution in [-0.4, -0.2) is 25.7 Å². The van der Waals surface area contributed by atoms with Gasteiger partial charge in [0.1, 0.15) is 0 Å². The lowest BCUT2D eigenvalue weighted by atomic mass is 9.94. The molecule has 1 aromatic rings. The van der Waals surface area contributed by atoms with Crippen molar-refractivity contribution in [1.82, 2.24) is 4.72 Å². The van der Waals surface area contributed by atoms with E-state index in [-0.39, 0.29) is 10.9 Å². The van der Waals surface area contributed by atoms with Gasteiger partial charge in [0, 0.05) is 10.5 Å². The van der Waals surface area contributed by atoms with E-state index >= 15 is 0 Å². The van der Waals surface area contributed by atoms with E-state index in [9.17, 15) is 13.5 Å². The topological polar surface area (TPSA) is 66.4 Å². The Labute approximate surface area is 126 Å². The lowest BCUT2D eigenvalue weighted by Crippen LogP contribution is -2.39. The second-order valence-corrected chi connectivity index (χ2v) is 7.69. The van der Waals surface area contributed by atoms with Crippen molar-refractivity contribution in [1.29, 1.82) is 0 Å². The molecular formula is C12H15BrClNO3S. The van der Waals surface area contributed by atoms with E-state index in [4.69, 9.17) is 11.6 Å². The summed E-state index contributed by atoms with van der Waals surface area (Å²) >= 11 is 9.06. The highest BCUT2D eigenvalue weighted by Crippen LogP contribution is 2.26. The first-order chi connectivity index (χ1) is 8.88. The third kappa shape index (κ3) is 3.92. The lowest BCUT2D eigenvalue weighted by molar-refractivity contribution is 0.117. The minimum Gasteiger partial charge on any atom is -0.393 e. The zero-order valence-electron chi connectivity index (χ0n) is 10.1. The number of hydrogen-bond acceptors (Lipinski definition) is 3. The summed E-state index contributed by atoms with van der Waals surface area (Å²) in [4.78, 5) is 0.170. The Kier molecular flexibility index (Phi) is 4.89. The van der Waals surface area contributed by atoms with Gasteiger partial charge in [-0.3, -0.25) is 0 Å². The fraction of sp³-hybridized carbons (Fsp3) is 0.500. The minimum absolute atomic E-state index is 0.170. The number of halogens is 2. The summed E-state index contributed by atoms with van der Waals surface area (Å²) in [6.45, 7) is 0. The van der Waals surface area contributed by atoms with Crippen LogP contribution in [0.1, 0.15) is 25.7 Å². The second kappa shape index (κ2) is 6.10. The highest BCUT2D eigenvalue weighted by molar-refractivity contribution is 9.10. The third-order valence-corrected chi connectivity index (χ3v) is 5.90. The van der Waals surface area contributed by atoms with E-state index in [0.717, 1.165) is 19.3 Å². The zero-order chi connectivity index (χ0) is 14.0. The Hall–Kier alpha value is -0.140. The second-order valence-electron chi connectivity index (χ2n) is 4.71. The Morgan fingerprint density at radius 2 is 2.11 bits per heavy atom. The molecule has 1 fully saturated rings. The average molecular weight is 369 g/mol.